The number of hydrogen-bond donors (Lipinski definition) is 2. The molecule has 9 rings (SSSR count). The quantitative estimate of drug-likeness (QED) is 0.292. The first-order valence-corrected chi connectivity index (χ1v) is 19.4. The minimum Gasteiger partial charge on any atom is -0.503 e. The molecule has 2 bridgehead atoms. The number of hydrogen-bond acceptors (Lipinski definition) is 11. The molecule has 3 unspecified atom stereocenters. The smallest absolute Gasteiger partial charge is 0.416 e. The summed E-state index contributed by atoms with van der Waals surface area (Å²) in [5.74, 6) is -0.471. The maximum absolute atomic E-state index is 14.7. The fourth-order valence-corrected chi connectivity index (χ4v) is 9.94. The molecular formula is C37H41ClF3N11O4. The molecule has 3 atom stereocenters. The van der Waals surface area contributed by atoms with E-state index in [1.807, 2.05) is 11.8 Å². The first-order chi connectivity index (χ1) is 26.7. The largest absolute Gasteiger partial charge is 0.503 e. The van der Waals surface area contributed by atoms with Crippen LogP contribution in [0.1, 0.15) is 78.7 Å². The molecule has 296 valence electrons. The monoisotopic (exact) mass is 795 g/mol. The number of nitrogens with zero attached hydrogens (tertiary/aromatic N) is 10. The molecule has 2 amide bonds. The van der Waals surface area contributed by atoms with Crippen LogP contribution in [-0.2, 0) is 22.9 Å². The molecule has 2 N–H and O–H groups in total. The molecular weight excluding hydrogens is 755 g/mol. The van der Waals surface area contributed by atoms with E-state index in [9.17, 15) is 32.7 Å². The van der Waals surface area contributed by atoms with Gasteiger partial charge in [0.15, 0.2) is 17.3 Å². The van der Waals surface area contributed by atoms with Gasteiger partial charge >= 0.3 is 6.18 Å². The Morgan fingerprint density at radius 1 is 1.07 bits per heavy atom. The highest BCUT2D eigenvalue weighted by atomic mass is 35.5. The summed E-state index contributed by atoms with van der Waals surface area (Å²) < 4.78 is 43.0. The summed E-state index contributed by atoms with van der Waals surface area (Å²) in [6.45, 7) is 5.40. The average molecular weight is 796 g/mol. The lowest BCUT2D eigenvalue weighted by molar-refractivity contribution is -0.137. The first-order valence-electron chi connectivity index (χ1n) is 19.0. The molecule has 15 nitrogen and oxygen atoms in total. The fourth-order valence-electron chi connectivity index (χ4n) is 9.72. The summed E-state index contributed by atoms with van der Waals surface area (Å²) in [4.78, 5) is 63.6. The van der Waals surface area contributed by atoms with E-state index in [0.717, 1.165) is 63.6 Å². The highest BCUT2D eigenvalue weighted by Gasteiger charge is 2.50. The van der Waals surface area contributed by atoms with Crippen molar-refractivity contribution >= 4 is 46.6 Å². The number of anilines is 3. The average Bonchev–Trinajstić information content (AvgIpc) is 3.77. The predicted octanol–water partition coefficient (Wildman–Crippen LogP) is 3.87. The predicted molar refractivity (Wildman–Crippen MR) is 199 cm³/mol. The topological polar surface area (TPSA) is 157 Å². The van der Waals surface area contributed by atoms with Crippen molar-refractivity contribution in [2.75, 3.05) is 61.4 Å². The van der Waals surface area contributed by atoms with Gasteiger partial charge in [-0.05, 0) is 69.7 Å². The van der Waals surface area contributed by atoms with Crippen LogP contribution in [-0.4, -0.2) is 114 Å². The number of benzene rings is 1. The number of rotatable bonds is 6. The van der Waals surface area contributed by atoms with Crippen LogP contribution in [0.3, 0.4) is 0 Å². The van der Waals surface area contributed by atoms with Gasteiger partial charge in [0.05, 0.1) is 16.3 Å². The number of carbonyl (C=O) groups is 2. The Morgan fingerprint density at radius 2 is 1.79 bits per heavy atom. The molecule has 0 saturated carbocycles. The van der Waals surface area contributed by atoms with Crippen LogP contribution in [0.2, 0.25) is 5.02 Å². The zero-order valence-corrected chi connectivity index (χ0v) is 31.6. The lowest BCUT2D eigenvalue weighted by Gasteiger charge is -2.39. The summed E-state index contributed by atoms with van der Waals surface area (Å²) in [6, 6.07) is 3.07. The second-order valence-electron chi connectivity index (χ2n) is 15.9. The van der Waals surface area contributed by atoms with Crippen molar-refractivity contribution in [1.29, 1.82) is 0 Å². The summed E-state index contributed by atoms with van der Waals surface area (Å²) in [5, 5.41) is 18.2. The molecule has 0 radical (unpaired) electrons. The van der Waals surface area contributed by atoms with Gasteiger partial charge in [-0.2, -0.15) is 22.7 Å². The number of piperazine rings is 1. The SMILES string of the molecule is CC1CC2(CCN(C(=O)c3ncnc(N4CCC4)c3O)CC2)c2c1n(CC(=O)Nc1ccc(C(F)(F)F)cc1Cl)c1nc(N3C4CCC3CN(C)C4)nn1c2=O. The van der Waals surface area contributed by atoms with Crippen molar-refractivity contribution < 1.29 is 27.9 Å². The molecule has 4 aromatic rings. The Morgan fingerprint density at radius 3 is 2.43 bits per heavy atom. The van der Waals surface area contributed by atoms with Gasteiger partial charge in [-0.1, -0.05) is 18.5 Å². The molecule has 1 aliphatic carbocycles. The number of halogens is 4. The lowest BCUT2D eigenvalue weighted by Crippen LogP contribution is -2.53. The standard InChI is InChI=1S/C37H41ClF3N11O4/c1-20-15-36(8-12-49(13-9-36)33(56)28-30(54)31(43-19-42-28)48-10-3-11-48)27-29(20)50(18-26(53)44-25-7-4-21(14-24(25)38)37(39,40)41)35-45-34(46-52(35)32(27)55)51-22-5-6-23(51)17-47(2)16-22/h4,7,14,19-20,22-23,54H,3,5-6,8-13,15-18H2,1-2H3,(H,44,53). The minimum atomic E-state index is -4.60. The number of fused-ring (bicyclic) bond motifs is 5. The van der Waals surface area contributed by atoms with Gasteiger partial charge < -0.3 is 34.6 Å². The van der Waals surface area contributed by atoms with Crippen molar-refractivity contribution in [3.63, 3.8) is 0 Å². The van der Waals surface area contributed by atoms with Crippen molar-refractivity contribution in [1.82, 2.24) is 38.9 Å². The van der Waals surface area contributed by atoms with Crippen LogP contribution in [0.5, 0.6) is 5.75 Å². The van der Waals surface area contributed by atoms with Crippen LogP contribution in [0.25, 0.3) is 5.78 Å². The highest BCUT2D eigenvalue weighted by Crippen LogP contribution is 2.51. The van der Waals surface area contributed by atoms with E-state index in [2.05, 4.69) is 32.1 Å². The minimum absolute atomic E-state index is 0.0165. The Balaban J connectivity index is 1.07. The molecule has 4 fully saturated rings. The number of amides is 2. The van der Waals surface area contributed by atoms with Gasteiger partial charge in [0.25, 0.3) is 11.5 Å². The van der Waals surface area contributed by atoms with Crippen LogP contribution >= 0.6 is 11.6 Å². The highest BCUT2D eigenvalue weighted by molar-refractivity contribution is 6.33. The zero-order chi connectivity index (χ0) is 39.3. The Kier molecular flexibility index (Phi) is 8.72. The van der Waals surface area contributed by atoms with E-state index in [1.165, 1.54) is 10.8 Å². The molecule has 19 heteroatoms. The molecule has 5 aliphatic rings. The molecule has 7 heterocycles. The summed E-state index contributed by atoms with van der Waals surface area (Å²) in [7, 11) is 2.08. The normalized spacial score (nSPS) is 23.2. The number of alkyl halides is 3. The zero-order valence-electron chi connectivity index (χ0n) is 30.9. The van der Waals surface area contributed by atoms with Crippen LogP contribution in [0.4, 0.5) is 30.6 Å². The molecule has 1 aromatic carbocycles. The Labute approximate surface area is 324 Å². The third kappa shape index (κ3) is 5.94. The van der Waals surface area contributed by atoms with Gasteiger partial charge in [0, 0.05) is 68.0 Å². The number of aromatic nitrogens is 6. The van der Waals surface area contributed by atoms with Crippen LogP contribution in [0.15, 0.2) is 29.3 Å². The van der Waals surface area contributed by atoms with E-state index in [1.54, 1.807) is 9.47 Å². The molecule has 3 aromatic heterocycles. The van der Waals surface area contributed by atoms with Crippen molar-refractivity contribution in [2.24, 2.45) is 0 Å². The van der Waals surface area contributed by atoms with Gasteiger partial charge in [-0.25, -0.2) is 9.97 Å². The third-order valence-corrected chi connectivity index (χ3v) is 12.7. The summed E-state index contributed by atoms with van der Waals surface area (Å²) >= 11 is 6.21. The maximum atomic E-state index is 14.7. The molecule has 4 aliphatic heterocycles. The third-order valence-electron chi connectivity index (χ3n) is 12.4. The fraction of sp³-hybridized carbons (Fsp3) is 0.541. The maximum Gasteiger partial charge on any atom is 0.416 e. The number of piperidine rings is 1. The van der Waals surface area contributed by atoms with Gasteiger partial charge in [-0.15, -0.1) is 5.10 Å². The second-order valence-corrected chi connectivity index (χ2v) is 16.3. The van der Waals surface area contributed by atoms with Crippen molar-refractivity contribution in [3.8, 4) is 5.75 Å². The van der Waals surface area contributed by atoms with E-state index in [-0.39, 0.29) is 58.0 Å². The Hall–Kier alpha value is -4.97. The lowest BCUT2D eigenvalue weighted by atomic mass is 9.73. The van der Waals surface area contributed by atoms with E-state index in [0.29, 0.717) is 55.4 Å². The number of aromatic hydroxyl groups is 1. The molecule has 4 saturated heterocycles. The molecule has 56 heavy (non-hydrogen) atoms. The van der Waals surface area contributed by atoms with Crippen LogP contribution < -0.4 is 20.7 Å². The van der Waals surface area contributed by atoms with E-state index < -0.39 is 29.0 Å². The molecule has 1 spiro atoms. The summed E-state index contributed by atoms with van der Waals surface area (Å²) in [6.07, 6.45) is 1.04. The van der Waals surface area contributed by atoms with Gasteiger partial charge in [0.2, 0.25) is 17.6 Å². The first kappa shape index (κ1) is 36.7. The van der Waals surface area contributed by atoms with Gasteiger partial charge in [0.1, 0.15) is 12.9 Å². The van der Waals surface area contributed by atoms with Crippen LogP contribution in [0, 0.1) is 0 Å². The number of likely N-dealkylation sites (N-methyl/N-ethyl adjacent to an activating group) is 1. The second kappa shape index (κ2) is 13.3. The van der Waals surface area contributed by atoms with Gasteiger partial charge in [-0.3, -0.25) is 14.4 Å². The van der Waals surface area contributed by atoms with Crippen molar-refractivity contribution in [3.05, 3.63) is 62.4 Å². The van der Waals surface area contributed by atoms with E-state index in [4.69, 9.17) is 21.7 Å². The van der Waals surface area contributed by atoms with Crippen molar-refractivity contribution in [2.45, 2.75) is 81.6 Å². The number of carbonyl (C=O) groups excluding carboxylic acids is 2. The number of nitrogens with one attached hydrogen (secondary N) is 1. The van der Waals surface area contributed by atoms with E-state index >= 15 is 0 Å². The number of likely N-dealkylation sites (tertiary alicyclic amines) is 2. The summed E-state index contributed by atoms with van der Waals surface area (Å²) in [5.41, 5.74) is -0.795. The Bertz CT molecular complexity index is 2310.